The SMILES string of the molecule is Fc1ccc(-c2ccc3nc(-c4cccc(Cl)c4)nc(N4CCOCC4)c3n2)cc1. The van der Waals surface area contributed by atoms with Crippen LogP contribution in [0.5, 0.6) is 0 Å². The van der Waals surface area contributed by atoms with E-state index in [-0.39, 0.29) is 5.82 Å². The Labute approximate surface area is 178 Å². The van der Waals surface area contributed by atoms with Gasteiger partial charge in [-0.15, -0.1) is 0 Å². The molecule has 3 heterocycles. The summed E-state index contributed by atoms with van der Waals surface area (Å²) in [6.45, 7) is 2.72. The minimum atomic E-state index is -0.275. The molecule has 1 aliphatic rings. The van der Waals surface area contributed by atoms with Gasteiger partial charge < -0.3 is 9.64 Å². The van der Waals surface area contributed by atoms with E-state index >= 15 is 0 Å². The van der Waals surface area contributed by atoms with Crippen molar-refractivity contribution < 1.29 is 9.13 Å². The van der Waals surface area contributed by atoms with Crippen LogP contribution in [0.25, 0.3) is 33.7 Å². The fourth-order valence-corrected chi connectivity index (χ4v) is 3.72. The lowest BCUT2D eigenvalue weighted by Gasteiger charge is -2.28. The summed E-state index contributed by atoms with van der Waals surface area (Å²) < 4.78 is 18.8. The lowest BCUT2D eigenvalue weighted by atomic mass is 10.1. The monoisotopic (exact) mass is 420 g/mol. The number of morpholine rings is 1. The number of rotatable bonds is 3. The highest BCUT2D eigenvalue weighted by Crippen LogP contribution is 2.30. The number of aromatic nitrogens is 3. The zero-order chi connectivity index (χ0) is 20.5. The lowest BCUT2D eigenvalue weighted by molar-refractivity contribution is 0.122. The van der Waals surface area contributed by atoms with Crippen molar-refractivity contribution in [2.24, 2.45) is 0 Å². The molecule has 150 valence electrons. The summed E-state index contributed by atoms with van der Waals surface area (Å²) in [6, 6.07) is 17.6. The van der Waals surface area contributed by atoms with Crippen molar-refractivity contribution in [1.82, 2.24) is 15.0 Å². The quantitative estimate of drug-likeness (QED) is 0.467. The van der Waals surface area contributed by atoms with Gasteiger partial charge >= 0.3 is 0 Å². The first-order valence-electron chi connectivity index (χ1n) is 9.71. The van der Waals surface area contributed by atoms with Gasteiger partial charge in [0.2, 0.25) is 0 Å². The first kappa shape index (κ1) is 18.9. The van der Waals surface area contributed by atoms with Crippen molar-refractivity contribution in [3.05, 3.63) is 71.5 Å². The van der Waals surface area contributed by atoms with Crippen LogP contribution in [-0.4, -0.2) is 41.3 Å². The van der Waals surface area contributed by atoms with Gasteiger partial charge in [0.05, 0.1) is 24.4 Å². The smallest absolute Gasteiger partial charge is 0.162 e. The molecule has 0 spiro atoms. The predicted molar refractivity (Wildman–Crippen MR) is 116 cm³/mol. The first-order valence-corrected chi connectivity index (χ1v) is 10.1. The molecule has 7 heteroatoms. The molecule has 5 nitrogen and oxygen atoms in total. The molecule has 4 aromatic rings. The Morgan fingerprint density at radius 2 is 1.67 bits per heavy atom. The summed E-state index contributed by atoms with van der Waals surface area (Å²) >= 11 is 6.18. The van der Waals surface area contributed by atoms with Gasteiger partial charge in [-0.05, 0) is 48.5 Å². The van der Waals surface area contributed by atoms with Crippen molar-refractivity contribution in [3.63, 3.8) is 0 Å². The summed E-state index contributed by atoms with van der Waals surface area (Å²) in [6.07, 6.45) is 0. The fraction of sp³-hybridized carbons (Fsp3) is 0.174. The minimum Gasteiger partial charge on any atom is -0.378 e. The van der Waals surface area contributed by atoms with E-state index in [2.05, 4.69) is 4.90 Å². The number of hydrogen-bond donors (Lipinski definition) is 0. The maximum absolute atomic E-state index is 13.3. The number of hydrogen-bond acceptors (Lipinski definition) is 5. The van der Waals surface area contributed by atoms with Crippen LogP contribution in [0.3, 0.4) is 0 Å². The zero-order valence-corrected chi connectivity index (χ0v) is 16.8. The Morgan fingerprint density at radius 3 is 2.43 bits per heavy atom. The van der Waals surface area contributed by atoms with Gasteiger partial charge in [-0.1, -0.05) is 23.7 Å². The minimum absolute atomic E-state index is 0.275. The highest BCUT2D eigenvalue weighted by atomic mass is 35.5. The number of nitrogens with zero attached hydrogens (tertiary/aromatic N) is 4. The number of halogens is 2. The molecule has 0 aliphatic carbocycles. The second kappa shape index (κ2) is 7.97. The second-order valence-corrected chi connectivity index (χ2v) is 7.49. The molecule has 1 fully saturated rings. The second-order valence-electron chi connectivity index (χ2n) is 7.05. The zero-order valence-electron chi connectivity index (χ0n) is 16.1. The van der Waals surface area contributed by atoms with Crippen LogP contribution < -0.4 is 4.90 Å². The number of benzene rings is 2. The maximum atomic E-state index is 13.3. The molecule has 0 N–H and O–H groups in total. The molecule has 0 atom stereocenters. The molecule has 2 aromatic heterocycles. The van der Waals surface area contributed by atoms with Gasteiger partial charge in [-0.3, -0.25) is 0 Å². The number of ether oxygens (including phenoxy) is 1. The van der Waals surface area contributed by atoms with E-state index in [1.54, 1.807) is 12.1 Å². The molecule has 5 rings (SSSR count). The predicted octanol–water partition coefficient (Wildman–Crippen LogP) is 4.99. The van der Waals surface area contributed by atoms with Crippen molar-refractivity contribution >= 4 is 28.5 Å². The summed E-state index contributed by atoms with van der Waals surface area (Å²) in [5.41, 5.74) is 3.89. The normalized spacial score (nSPS) is 14.3. The van der Waals surface area contributed by atoms with Crippen LogP contribution in [-0.2, 0) is 4.74 Å². The number of fused-ring (bicyclic) bond motifs is 1. The van der Waals surface area contributed by atoms with Gasteiger partial charge in [0.15, 0.2) is 11.6 Å². The van der Waals surface area contributed by atoms with Crippen LogP contribution in [0, 0.1) is 5.82 Å². The molecule has 0 unspecified atom stereocenters. The third kappa shape index (κ3) is 3.72. The molecular formula is C23H18ClFN4O. The molecule has 30 heavy (non-hydrogen) atoms. The Hall–Kier alpha value is -3.09. The first-order chi connectivity index (χ1) is 14.7. The Kier molecular flexibility index (Phi) is 5.02. The van der Waals surface area contributed by atoms with E-state index in [1.165, 1.54) is 12.1 Å². The third-order valence-electron chi connectivity index (χ3n) is 5.06. The topological polar surface area (TPSA) is 51.1 Å². The van der Waals surface area contributed by atoms with Crippen LogP contribution in [0.15, 0.2) is 60.7 Å². The van der Waals surface area contributed by atoms with Crippen molar-refractivity contribution in [1.29, 1.82) is 0 Å². The van der Waals surface area contributed by atoms with E-state index in [4.69, 9.17) is 31.3 Å². The van der Waals surface area contributed by atoms with E-state index in [0.29, 0.717) is 29.6 Å². The van der Waals surface area contributed by atoms with Gasteiger partial charge in [-0.2, -0.15) is 0 Å². The highest BCUT2D eigenvalue weighted by Gasteiger charge is 2.20. The molecule has 0 amide bonds. The van der Waals surface area contributed by atoms with E-state index < -0.39 is 0 Å². The molecule has 0 bridgehead atoms. The van der Waals surface area contributed by atoms with E-state index in [0.717, 1.165) is 41.2 Å². The largest absolute Gasteiger partial charge is 0.378 e. The van der Waals surface area contributed by atoms with Crippen molar-refractivity contribution in [3.8, 4) is 22.6 Å². The Bertz CT molecular complexity index is 1210. The molecule has 2 aromatic carbocycles. The molecule has 0 radical (unpaired) electrons. The van der Waals surface area contributed by atoms with Crippen LogP contribution >= 0.6 is 11.6 Å². The number of anilines is 1. The highest BCUT2D eigenvalue weighted by molar-refractivity contribution is 6.30. The van der Waals surface area contributed by atoms with Crippen LogP contribution in [0.2, 0.25) is 5.02 Å². The maximum Gasteiger partial charge on any atom is 0.162 e. The molecule has 1 saturated heterocycles. The van der Waals surface area contributed by atoms with Gasteiger partial charge in [-0.25, -0.2) is 19.3 Å². The Balaban J connectivity index is 1.68. The standard InChI is InChI=1S/C23H18ClFN4O/c24-17-3-1-2-16(14-17)22-27-20-9-8-19(15-4-6-18(25)7-5-15)26-21(20)23(28-22)29-10-12-30-13-11-29/h1-9,14H,10-13H2. The summed E-state index contributed by atoms with van der Waals surface area (Å²) in [5, 5.41) is 0.633. The summed E-state index contributed by atoms with van der Waals surface area (Å²) in [7, 11) is 0. The van der Waals surface area contributed by atoms with Crippen LogP contribution in [0.1, 0.15) is 0 Å². The average Bonchev–Trinajstić information content (AvgIpc) is 2.79. The third-order valence-corrected chi connectivity index (χ3v) is 5.29. The fourth-order valence-electron chi connectivity index (χ4n) is 3.53. The van der Waals surface area contributed by atoms with Gasteiger partial charge in [0.25, 0.3) is 0 Å². The average molecular weight is 421 g/mol. The molecule has 0 saturated carbocycles. The van der Waals surface area contributed by atoms with Crippen molar-refractivity contribution in [2.45, 2.75) is 0 Å². The molecule has 1 aliphatic heterocycles. The Morgan fingerprint density at radius 1 is 0.867 bits per heavy atom. The lowest BCUT2D eigenvalue weighted by Crippen LogP contribution is -2.37. The summed E-state index contributed by atoms with van der Waals surface area (Å²) in [4.78, 5) is 16.6. The summed E-state index contributed by atoms with van der Waals surface area (Å²) in [5.74, 6) is 1.09. The van der Waals surface area contributed by atoms with Crippen molar-refractivity contribution in [2.75, 3.05) is 31.2 Å². The van der Waals surface area contributed by atoms with Crippen LogP contribution in [0.4, 0.5) is 10.2 Å². The van der Waals surface area contributed by atoms with E-state index in [1.807, 2.05) is 36.4 Å². The molecular weight excluding hydrogens is 403 g/mol. The number of pyridine rings is 1. The van der Waals surface area contributed by atoms with E-state index in [9.17, 15) is 4.39 Å². The van der Waals surface area contributed by atoms with Gasteiger partial charge in [0, 0.05) is 29.2 Å². The van der Waals surface area contributed by atoms with Gasteiger partial charge in [0.1, 0.15) is 11.3 Å².